The number of rotatable bonds is 4. The number of hydrogen-bond acceptors (Lipinski definition) is 5. The molecule has 2 atom stereocenters. The molecule has 0 bridgehead atoms. The number of carbonyl (C=O) groups excluding carboxylic acids is 1. The van der Waals surface area contributed by atoms with Crippen LogP contribution in [-0.2, 0) is 9.53 Å². The van der Waals surface area contributed by atoms with Crippen LogP contribution in [0, 0.1) is 10.8 Å². The molecule has 0 unspecified atom stereocenters. The van der Waals surface area contributed by atoms with Gasteiger partial charge in [-0.05, 0) is 38.1 Å². The predicted molar refractivity (Wildman–Crippen MR) is 92.8 cm³/mol. The summed E-state index contributed by atoms with van der Waals surface area (Å²) in [5.74, 6) is -0.125. The molecule has 1 spiro atoms. The van der Waals surface area contributed by atoms with Gasteiger partial charge in [-0.1, -0.05) is 0 Å². The van der Waals surface area contributed by atoms with Crippen LogP contribution in [0.2, 0.25) is 0 Å². The zero-order valence-corrected chi connectivity index (χ0v) is 15.4. The molecule has 26 heavy (non-hydrogen) atoms. The average molecular weight is 367 g/mol. The van der Waals surface area contributed by atoms with Crippen molar-refractivity contribution in [3.8, 4) is 0 Å². The Morgan fingerprint density at radius 2 is 1.92 bits per heavy atom. The lowest BCUT2D eigenvalue weighted by atomic mass is 9.82. The first-order chi connectivity index (χ1) is 12.3. The Bertz CT molecular complexity index is 589. The van der Waals surface area contributed by atoms with Crippen LogP contribution in [0.4, 0.5) is 4.79 Å². The normalized spacial score (nSPS) is 33.2. The molecule has 8 nitrogen and oxygen atoms in total. The number of nitrogens with zero attached hydrogens (tertiary/aromatic N) is 3. The van der Waals surface area contributed by atoms with Crippen LogP contribution in [0.1, 0.15) is 26.2 Å². The molecule has 2 N–H and O–H groups in total. The van der Waals surface area contributed by atoms with Gasteiger partial charge in [-0.15, -0.1) is 0 Å². The van der Waals surface area contributed by atoms with Gasteiger partial charge in [0.25, 0.3) is 0 Å². The van der Waals surface area contributed by atoms with Crippen molar-refractivity contribution in [3.63, 3.8) is 0 Å². The van der Waals surface area contributed by atoms with Gasteiger partial charge in [0.05, 0.1) is 19.3 Å². The van der Waals surface area contributed by atoms with E-state index in [-0.39, 0.29) is 22.8 Å². The van der Waals surface area contributed by atoms with Crippen molar-refractivity contribution in [2.45, 2.75) is 38.3 Å². The minimum absolute atomic E-state index is 0.103. The molecule has 3 aliphatic heterocycles. The highest BCUT2D eigenvalue weighted by molar-refractivity contribution is 5.86. The van der Waals surface area contributed by atoms with Crippen LogP contribution in [0.5, 0.6) is 0 Å². The van der Waals surface area contributed by atoms with Crippen molar-refractivity contribution in [1.82, 2.24) is 14.7 Å². The Kier molecular flexibility index (Phi) is 4.40. The second kappa shape index (κ2) is 6.35. The number of carboxylic acid groups (broad SMARTS) is 1. The van der Waals surface area contributed by atoms with Gasteiger partial charge in [0.2, 0.25) is 5.91 Å². The van der Waals surface area contributed by atoms with Crippen LogP contribution in [0.15, 0.2) is 0 Å². The van der Waals surface area contributed by atoms with Gasteiger partial charge in [0.1, 0.15) is 6.04 Å². The van der Waals surface area contributed by atoms with Gasteiger partial charge in [0.15, 0.2) is 0 Å². The van der Waals surface area contributed by atoms with Crippen LogP contribution in [-0.4, -0.2) is 102 Å². The summed E-state index contributed by atoms with van der Waals surface area (Å²) in [6.45, 7) is 6.80. The Labute approximate surface area is 153 Å². The number of ether oxygens (including phenoxy) is 1. The lowest BCUT2D eigenvalue weighted by molar-refractivity contribution is -0.163. The summed E-state index contributed by atoms with van der Waals surface area (Å²) >= 11 is 0. The molecule has 0 aromatic carbocycles. The Hall–Kier alpha value is -1.38. The molecule has 0 radical (unpaired) electrons. The second-order valence-corrected chi connectivity index (χ2v) is 8.77. The molecule has 8 heteroatoms. The molecular formula is C18H29N3O5. The van der Waals surface area contributed by atoms with Crippen molar-refractivity contribution in [2.75, 3.05) is 52.5 Å². The number of aliphatic hydroxyl groups excluding tert-OH is 1. The summed E-state index contributed by atoms with van der Waals surface area (Å²) in [6, 6.07) is -0.633. The third kappa shape index (κ3) is 3.08. The topological polar surface area (TPSA) is 93.6 Å². The van der Waals surface area contributed by atoms with Crippen molar-refractivity contribution in [3.05, 3.63) is 0 Å². The van der Waals surface area contributed by atoms with Crippen molar-refractivity contribution in [1.29, 1.82) is 0 Å². The van der Waals surface area contributed by atoms with Gasteiger partial charge >= 0.3 is 6.09 Å². The molecule has 4 rings (SSSR count). The van der Waals surface area contributed by atoms with E-state index >= 15 is 0 Å². The van der Waals surface area contributed by atoms with Gasteiger partial charge < -0.3 is 19.8 Å². The molecule has 146 valence electrons. The van der Waals surface area contributed by atoms with E-state index in [4.69, 9.17) is 4.74 Å². The quantitative estimate of drug-likeness (QED) is 0.730. The summed E-state index contributed by atoms with van der Waals surface area (Å²) in [7, 11) is 0. The standard InChI is InChI=1S/C18H29N3O5/c1-13-15(23)20(6-7-21(13)16(24)25)10-17(11-26-12-17)9-19-5-4-18(2-3-18)14(22)8-19/h13-14,22H,2-12H2,1H3,(H,24,25)/t13-,14+/m0/s1. The van der Waals surface area contributed by atoms with E-state index in [1.54, 1.807) is 11.8 Å². The number of piperidine rings is 1. The number of hydrogen-bond donors (Lipinski definition) is 2. The third-order valence-corrected chi connectivity index (χ3v) is 6.85. The smallest absolute Gasteiger partial charge is 0.408 e. The van der Waals surface area contributed by atoms with E-state index in [0.717, 1.165) is 32.4 Å². The molecule has 3 heterocycles. The highest BCUT2D eigenvalue weighted by Crippen LogP contribution is 2.53. The first kappa shape index (κ1) is 18.0. The zero-order chi connectivity index (χ0) is 18.5. The lowest BCUT2D eigenvalue weighted by Gasteiger charge is -2.50. The Balaban J connectivity index is 1.37. The van der Waals surface area contributed by atoms with E-state index in [1.807, 2.05) is 0 Å². The molecule has 1 aliphatic carbocycles. The Morgan fingerprint density at radius 3 is 2.46 bits per heavy atom. The number of carbonyl (C=O) groups is 2. The van der Waals surface area contributed by atoms with Gasteiger partial charge in [-0.3, -0.25) is 14.6 Å². The molecule has 4 aliphatic rings. The van der Waals surface area contributed by atoms with Crippen LogP contribution >= 0.6 is 0 Å². The fraction of sp³-hybridized carbons (Fsp3) is 0.889. The fourth-order valence-corrected chi connectivity index (χ4v) is 4.81. The van der Waals surface area contributed by atoms with E-state index in [2.05, 4.69) is 4.90 Å². The molecular weight excluding hydrogens is 338 g/mol. The third-order valence-electron chi connectivity index (χ3n) is 6.85. The number of aliphatic hydroxyl groups is 1. The molecule has 2 amide bonds. The molecule has 0 aromatic rings. The lowest BCUT2D eigenvalue weighted by Crippen LogP contribution is -2.64. The molecule has 4 fully saturated rings. The first-order valence-electron chi connectivity index (χ1n) is 9.61. The van der Waals surface area contributed by atoms with E-state index in [0.29, 0.717) is 39.4 Å². The van der Waals surface area contributed by atoms with E-state index < -0.39 is 12.1 Å². The average Bonchev–Trinajstić information content (AvgIpc) is 3.34. The Morgan fingerprint density at radius 1 is 1.19 bits per heavy atom. The van der Waals surface area contributed by atoms with E-state index in [1.165, 1.54) is 4.90 Å². The summed E-state index contributed by atoms with van der Waals surface area (Å²) in [5.41, 5.74) is 0.0902. The van der Waals surface area contributed by atoms with Crippen LogP contribution in [0.3, 0.4) is 0 Å². The van der Waals surface area contributed by atoms with Gasteiger partial charge in [-0.25, -0.2) is 4.79 Å². The minimum Gasteiger partial charge on any atom is -0.465 e. The maximum absolute atomic E-state index is 12.6. The summed E-state index contributed by atoms with van der Waals surface area (Å²) in [6.07, 6.45) is 2.07. The van der Waals surface area contributed by atoms with Crippen molar-refractivity contribution >= 4 is 12.0 Å². The molecule has 0 aromatic heterocycles. The van der Waals surface area contributed by atoms with Gasteiger partial charge in [-0.2, -0.15) is 0 Å². The van der Waals surface area contributed by atoms with Crippen molar-refractivity contribution in [2.24, 2.45) is 10.8 Å². The maximum Gasteiger partial charge on any atom is 0.408 e. The van der Waals surface area contributed by atoms with Crippen LogP contribution in [0.25, 0.3) is 0 Å². The minimum atomic E-state index is -1.04. The van der Waals surface area contributed by atoms with Crippen molar-refractivity contribution < 1.29 is 24.5 Å². The largest absolute Gasteiger partial charge is 0.465 e. The first-order valence-corrected chi connectivity index (χ1v) is 9.61. The maximum atomic E-state index is 12.6. The van der Waals surface area contributed by atoms with E-state index in [9.17, 15) is 19.8 Å². The zero-order valence-electron chi connectivity index (χ0n) is 15.4. The summed E-state index contributed by atoms with van der Waals surface area (Å²) in [5, 5.41) is 19.6. The summed E-state index contributed by atoms with van der Waals surface area (Å²) < 4.78 is 5.49. The second-order valence-electron chi connectivity index (χ2n) is 8.77. The molecule has 1 saturated carbocycles. The number of likely N-dealkylation sites (tertiary alicyclic amines) is 1. The van der Waals surface area contributed by atoms with Crippen LogP contribution < -0.4 is 0 Å². The SMILES string of the molecule is C[C@H]1C(=O)N(CC2(CN3CCC4(CC4)[C@H](O)C3)COC2)CCN1C(=O)O. The predicted octanol–water partition coefficient (Wildman–Crippen LogP) is 0.0605. The van der Waals surface area contributed by atoms with Gasteiger partial charge in [0, 0.05) is 38.1 Å². The monoisotopic (exact) mass is 367 g/mol. The molecule has 3 saturated heterocycles. The number of amides is 2. The highest BCUT2D eigenvalue weighted by atomic mass is 16.5. The summed E-state index contributed by atoms with van der Waals surface area (Å²) in [4.78, 5) is 29.2. The fourth-order valence-electron chi connectivity index (χ4n) is 4.81. The number of β-amino-alcohol motifs (C(OH)–C–C–N with tert-alkyl or cyclic N) is 1. The highest BCUT2D eigenvalue weighted by Gasteiger charge is 2.53. The number of piperazine rings is 1.